The summed E-state index contributed by atoms with van der Waals surface area (Å²) in [5.74, 6) is 0.232. The second-order valence-corrected chi connectivity index (χ2v) is 5.87. The van der Waals surface area contributed by atoms with Crippen LogP contribution in [0.25, 0.3) is 0 Å². The number of rotatable bonds is 5. The number of carbonyl (C=O) groups is 1. The number of carbonyl (C=O) groups excluding carboxylic acids is 1. The van der Waals surface area contributed by atoms with Crippen molar-refractivity contribution in [2.24, 2.45) is 7.05 Å². The van der Waals surface area contributed by atoms with Crippen molar-refractivity contribution in [3.8, 4) is 0 Å². The molecule has 1 fully saturated rings. The summed E-state index contributed by atoms with van der Waals surface area (Å²) in [7, 11) is 1.92. The van der Waals surface area contributed by atoms with Crippen molar-refractivity contribution in [1.82, 2.24) is 15.1 Å². The van der Waals surface area contributed by atoms with Crippen LogP contribution in [-0.4, -0.2) is 22.2 Å². The van der Waals surface area contributed by atoms with Gasteiger partial charge in [0.2, 0.25) is 5.91 Å². The maximum Gasteiger partial charge on any atom is 0.227 e. The lowest BCUT2D eigenvalue weighted by Crippen LogP contribution is -2.23. The first-order chi connectivity index (χ1) is 10.6. The first-order valence-electron chi connectivity index (χ1n) is 7.75. The number of benzene rings is 1. The van der Waals surface area contributed by atoms with Gasteiger partial charge in [0.25, 0.3) is 0 Å². The predicted octanol–water partition coefficient (Wildman–Crippen LogP) is 2.40. The van der Waals surface area contributed by atoms with Crippen LogP contribution in [0.15, 0.2) is 36.7 Å². The van der Waals surface area contributed by atoms with E-state index >= 15 is 0 Å². The van der Waals surface area contributed by atoms with Crippen molar-refractivity contribution in [3.05, 3.63) is 47.8 Å². The van der Waals surface area contributed by atoms with Gasteiger partial charge in [-0.25, -0.2) is 0 Å². The van der Waals surface area contributed by atoms with E-state index in [1.807, 2.05) is 41.2 Å². The van der Waals surface area contributed by atoms with Crippen molar-refractivity contribution in [1.29, 1.82) is 0 Å². The molecule has 1 aliphatic heterocycles. The van der Waals surface area contributed by atoms with Crippen molar-refractivity contribution >= 4 is 11.6 Å². The molecule has 1 atom stereocenters. The zero-order valence-corrected chi connectivity index (χ0v) is 13.1. The quantitative estimate of drug-likeness (QED) is 0.922. The fourth-order valence-electron chi connectivity index (χ4n) is 2.82. The zero-order chi connectivity index (χ0) is 15.5. The Hall–Kier alpha value is -2.14. The molecule has 3 rings (SSSR count). The minimum Gasteiger partial charge on any atom is -0.312 e. The lowest BCUT2D eigenvalue weighted by molar-refractivity contribution is -0.117. The number of anilines is 1. The van der Waals surface area contributed by atoms with Crippen molar-refractivity contribution < 1.29 is 4.79 Å². The molecule has 1 aromatic heterocycles. The van der Waals surface area contributed by atoms with Gasteiger partial charge in [-0.15, -0.1) is 0 Å². The maximum atomic E-state index is 11.8. The van der Waals surface area contributed by atoms with Gasteiger partial charge in [-0.1, -0.05) is 12.1 Å². The fraction of sp³-hybridized carbons (Fsp3) is 0.412. The smallest absolute Gasteiger partial charge is 0.227 e. The Bertz CT molecular complexity index is 647. The van der Waals surface area contributed by atoms with E-state index in [9.17, 15) is 4.79 Å². The number of nitrogens with zero attached hydrogens (tertiary/aromatic N) is 3. The van der Waals surface area contributed by atoms with E-state index in [-0.39, 0.29) is 11.9 Å². The lowest BCUT2D eigenvalue weighted by Gasteiger charge is -2.18. The number of hydrogen-bond acceptors (Lipinski definition) is 3. The SMILES string of the molecule is CC(NCc1cnn(C)c1)c1ccc(N2CCCC2=O)cc1. The van der Waals surface area contributed by atoms with Gasteiger partial charge in [0.05, 0.1) is 6.20 Å². The molecule has 1 saturated heterocycles. The maximum absolute atomic E-state index is 11.8. The highest BCUT2D eigenvalue weighted by Gasteiger charge is 2.21. The molecule has 1 aromatic carbocycles. The second-order valence-electron chi connectivity index (χ2n) is 5.87. The van der Waals surface area contributed by atoms with E-state index in [0.717, 1.165) is 25.2 Å². The van der Waals surface area contributed by atoms with Gasteiger partial charge in [-0.05, 0) is 31.0 Å². The van der Waals surface area contributed by atoms with Gasteiger partial charge in [0, 0.05) is 50.0 Å². The average Bonchev–Trinajstić information content (AvgIpc) is 3.13. The van der Waals surface area contributed by atoms with E-state index < -0.39 is 0 Å². The third-order valence-electron chi connectivity index (χ3n) is 4.15. The van der Waals surface area contributed by atoms with E-state index in [1.54, 1.807) is 0 Å². The minimum atomic E-state index is 0.232. The van der Waals surface area contributed by atoms with Crippen LogP contribution in [0.5, 0.6) is 0 Å². The molecule has 1 N–H and O–H groups in total. The molecule has 1 amide bonds. The molecule has 2 aromatic rings. The molecule has 2 heterocycles. The van der Waals surface area contributed by atoms with Crippen LogP contribution >= 0.6 is 0 Å². The Kier molecular flexibility index (Phi) is 4.24. The highest BCUT2D eigenvalue weighted by molar-refractivity contribution is 5.95. The lowest BCUT2D eigenvalue weighted by atomic mass is 10.1. The zero-order valence-electron chi connectivity index (χ0n) is 13.1. The molecule has 0 bridgehead atoms. The number of nitrogens with one attached hydrogen (secondary N) is 1. The van der Waals surface area contributed by atoms with Gasteiger partial charge >= 0.3 is 0 Å². The van der Waals surface area contributed by atoms with Crippen LogP contribution in [0.4, 0.5) is 5.69 Å². The van der Waals surface area contributed by atoms with Crippen LogP contribution in [-0.2, 0) is 18.4 Å². The topological polar surface area (TPSA) is 50.2 Å². The Morgan fingerprint density at radius 2 is 2.09 bits per heavy atom. The third-order valence-corrected chi connectivity index (χ3v) is 4.15. The fourth-order valence-corrected chi connectivity index (χ4v) is 2.82. The highest BCUT2D eigenvalue weighted by atomic mass is 16.2. The molecule has 0 radical (unpaired) electrons. The summed E-state index contributed by atoms with van der Waals surface area (Å²) in [6, 6.07) is 8.54. The van der Waals surface area contributed by atoms with Crippen molar-refractivity contribution in [3.63, 3.8) is 0 Å². The molecule has 1 aliphatic rings. The Morgan fingerprint density at radius 3 is 2.68 bits per heavy atom. The van der Waals surface area contributed by atoms with Gasteiger partial charge in [0.1, 0.15) is 0 Å². The summed E-state index contributed by atoms with van der Waals surface area (Å²) in [5.41, 5.74) is 3.40. The summed E-state index contributed by atoms with van der Waals surface area (Å²) in [5, 5.41) is 7.66. The minimum absolute atomic E-state index is 0.232. The summed E-state index contributed by atoms with van der Waals surface area (Å²) >= 11 is 0. The highest BCUT2D eigenvalue weighted by Crippen LogP contribution is 2.23. The predicted molar refractivity (Wildman–Crippen MR) is 86.5 cm³/mol. The Labute approximate surface area is 130 Å². The van der Waals surface area contributed by atoms with Gasteiger partial charge in [-0.3, -0.25) is 9.48 Å². The molecule has 22 heavy (non-hydrogen) atoms. The molecule has 0 aliphatic carbocycles. The summed E-state index contributed by atoms with van der Waals surface area (Å²) in [6.45, 7) is 3.78. The van der Waals surface area contributed by atoms with Gasteiger partial charge in [-0.2, -0.15) is 5.10 Å². The largest absolute Gasteiger partial charge is 0.312 e. The Balaban J connectivity index is 1.60. The molecular formula is C17H22N4O. The van der Waals surface area contributed by atoms with Gasteiger partial charge < -0.3 is 10.2 Å². The van der Waals surface area contributed by atoms with Crippen LogP contribution in [0.1, 0.15) is 36.9 Å². The number of amides is 1. The van der Waals surface area contributed by atoms with Crippen molar-refractivity contribution in [2.75, 3.05) is 11.4 Å². The molecule has 5 nitrogen and oxygen atoms in total. The van der Waals surface area contributed by atoms with E-state index in [2.05, 4.69) is 29.5 Å². The standard InChI is InChI=1S/C17H22N4O/c1-13(18-10-14-11-19-20(2)12-14)15-5-7-16(8-6-15)21-9-3-4-17(21)22/h5-8,11-13,18H,3-4,9-10H2,1-2H3. The second kappa shape index (κ2) is 6.32. The number of hydrogen-bond donors (Lipinski definition) is 1. The molecule has 0 spiro atoms. The van der Waals surface area contributed by atoms with Crippen LogP contribution in [0, 0.1) is 0 Å². The van der Waals surface area contributed by atoms with E-state index in [0.29, 0.717) is 6.42 Å². The Morgan fingerprint density at radius 1 is 1.32 bits per heavy atom. The summed E-state index contributed by atoms with van der Waals surface area (Å²) < 4.78 is 1.81. The van der Waals surface area contributed by atoms with Crippen molar-refractivity contribution in [2.45, 2.75) is 32.4 Å². The first-order valence-corrected chi connectivity index (χ1v) is 7.75. The molecular weight excluding hydrogens is 276 g/mol. The van der Waals surface area contributed by atoms with E-state index in [1.165, 1.54) is 11.1 Å². The van der Waals surface area contributed by atoms with E-state index in [4.69, 9.17) is 0 Å². The van der Waals surface area contributed by atoms with Crippen LogP contribution in [0.3, 0.4) is 0 Å². The monoisotopic (exact) mass is 298 g/mol. The van der Waals surface area contributed by atoms with Crippen LogP contribution in [0.2, 0.25) is 0 Å². The number of aryl methyl sites for hydroxylation is 1. The molecule has 0 saturated carbocycles. The average molecular weight is 298 g/mol. The molecule has 116 valence electrons. The van der Waals surface area contributed by atoms with Gasteiger partial charge in [0.15, 0.2) is 0 Å². The summed E-state index contributed by atoms with van der Waals surface area (Å²) in [4.78, 5) is 13.6. The molecule has 1 unspecified atom stereocenters. The number of aromatic nitrogens is 2. The third kappa shape index (κ3) is 3.20. The van der Waals surface area contributed by atoms with Crippen LogP contribution < -0.4 is 10.2 Å². The summed E-state index contributed by atoms with van der Waals surface area (Å²) in [6.07, 6.45) is 5.53. The molecule has 5 heteroatoms. The normalized spacial score (nSPS) is 16.3. The first kappa shape index (κ1) is 14.8.